The standard InChI is InChI=1S/C15H10F4N2O2/c1-4-7(6-20)8-10(16)12(18)9(13(19)11(8)17)14(21-3)15(22)23-5-2/h4-5H2,1-2H3. The van der Waals surface area contributed by atoms with Crippen LogP contribution in [0.3, 0.4) is 0 Å². The Labute approximate surface area is 128 Å². The minimum Gasteiger partial charge on any atom is -0.471 e. The van der Waals surface area contributed by atoms with Crippen molar-refractivity contribution in [2.45, 2.75) is 20.3 Å². The van der Waals surface area contributed by atoms with Gasteiger partial charge in [0.05, 0.1) is 29.7 Å². The maximum absolute atomic E-state index is 14.1. The number of rotatable bonds is 3. The molecule has 0 heterocycles. The molecule has 1 aromatic rings. The Morgan fingerprint density at radius 3 is 1.96 bits per heavy atom. The number of benzene rings is 1. The maximum atomic E-state index is 14.1. The highest BCUT2D eigenvalue weighted by Gasteiger charge is 2.25. The van der Waals surface area contributed by atoms with Crippen LogP contribution in [0.4, 0.5) is 17.6 Å². The zero-order valence-electron chi connectivity index (χ0n) is 12.1. The van der Waals surface area contributed by atoms with Crippen molar-refractivity contribution in [1.82, 2.24) is 0 Å². The number of nitrogens with zero attached hydrogens (tertiary/aromatic N) is 2. The highest BCUT2D eigenvalue weighted by molar-refractivity contribution is 6.12. The molecule has 0 N–H and O–H groups in total. The predicted octanol–water partition coefficient (Wildman–Crippen LogP) is 1.92. The van der Waals surface area contributed by atoms with E-state index in [2.05, 4.69) is 9.58 Å². The molecule has 1 aromatic carbocycles. The van der Waals surface area contributed by atoms with Crippen LogP contribution >= 0.6 is 0 Å². The van der Waals surface area contributed by atoms with Gasteiger partial charge in [0.25, 0.3) is 5.70 Å². The molecule has 0 saturated heterocycles. The van der Waals surface area contributed by atoms with Gasteiger partial charge in [0.2, 0.25) is 0 Å². The zero-order valence-corrected chi connectivity index (χ0v) is 12.1. The van der Waals surface area contributed by atoms with E-state index in [0.29, 0.717) is 0 Å². The molecular formula is C15H10F4N2O2. The van der Waals surface area contributed by atoms with Crippen LogP contribution in [0.15, 0.2) is 0 Å². The van der Waals surface area contributed by atoms with E-state index < -0.39 is 50.9 Å². The second-order valence-electron chi connectivity index (χ2n) is 4.13. The van der Waals surface area contributed by atoms with E-state index in [1.54, 1.807) is 0 Å². The van der Waals surface area contributed by atoms with Crippen molar-refractivity contribution in [2.24, 2.45) is 0 Å². The molecule has 0 saturated carbocycles. The Balaban J connectivity index is 4.13. The lowest BCUT2D eigenvalue weighted by Crippen LogP contribution is -2.32. The fraction of sp³-hybridized carbons (Fsp3) is 0.267. The lowest BCUT2D eigenvalue weighted by Gasteiger charge is -2.05. The summed E-state index contributed by atoms with van der Waals surface area (Å²) in [5, 5.41) is 6.20. The Hall–Kier alpha value is -2.87. The first-order valence-electron chi connectivity index (χ1n) is 6.39. The number of hydrogen-bond donors (Lipinski definition) is 0. The first kappa shape index (κ1) is 18.2. The van der Waals surface area contributed by atoms with Gasteiger partial charge in [0.1, 0.15) is 0 Å². The highest BCUT2D eigenvalue weighted by Crippen LogP contribution is 2.10. The molecule has 8 heteroatoms. The molecule has 0 fully saturated rings. The molecule has 0 aliphatic carbocycles. The summed E-state index contributed by atoms with van der Waals surface area (Å²) in [5.41, 5.74) is -1.73. The van der Waals surface area contributed by atoms with Gasteiger partial charge in [-0.1, -0.05) is 6.92 Å². The number of halogens is 4. The molecule has 0 bridgehead atoms. The fourth-order valence-electron chi connectivity index (χ4n) is 1.82. The molecule has 4 nitrogen and oxygen atoms in total. The van der Waals surface area contributed by atoms with E-state index in [-0.39, 0.29) is 13.0 Å². The van der Waals surface area contributed by atoms with Gasteiger partial charge in [-0.25, -0.2) is 22.4 Å². The predicted molar refractivity (Wildman–Crippen MR) is 71.5 cm³/mol. The lowest BCUT2D eigenvalue weighted by atomic mass is 10.1. The normalized spacial score (nSPS) is 9.74. The van der Waals surface area contributed by atoms with Crippen LogP contribution in [-0.4, -0.2) is 12.6 Å². The fourth-order valence-corrected chi connectivity index (χ4v) is 1.82. The second kappa shape index (κ2) is 7.41. The van der Waals surface area contributed by atoms with Gasteiger partial charge in [-0.05, 0) is 13.3 Å². The molecule has 0 aliphatic heterocycles. The van der Waals surface area contributed by atoms with E-state index >= 15 is 0 Å². The monoisotopic (exact) mass is 326 g/mol. The Bertz CT molecular complexity index is 828. The first-order chi connectivity index (χ1) is 10.8. The van der Waals surface area contributed by atoms with Crippen LogP contribution in [0.5, 0.6) is 0 Å². The SMILES string of the molecule is [C-]#[N+]C(C(=O)OCC)=c1c(F)c(F)c(=C(C#N)CC)c(F)c1F. The van der Waals surface area contributed by atoms with E-state index in [0.717, 1.165) is 0 Å². The average molecular weight is 326 g/mol. The van der Waals surface area contributed by atoms with E-state index in [9.17, 15) is 22.4 Å². The summed E-state index contributed by atoms with van der Waals surface area (Å²) in [6.07, 6.45) is -0.167. The molecule has 1 rings (SSSR count). The molecule has 0 amide bonds. The summed E-state index contributed by atoms with van der Waals surface area (Å²) >= 11 is 0. The maximum Gasteiger partial charge on any atom is 0.337 e. The van der Waals surface area contributed by atoms with Gasteiger partial charge in [-0.2, -0.15) is 5.26 Å². The van der Waals surface area contributed by atoms with Crippen molar-refractivity contribution in [2.75, 3.05) is 6.61 Å². The minimum absolute atomic E-state index is 0.167. The molecule has 23 heavy (non-hydrogen) atoms. The summed E-state index contributed by atoms with van der Waals surface area (Å²) in [4.78, 5) is 14.1. The Morgan fingerprint density at radius 2 is 1.61 bits per heavy atom. The molecule has 0 aromatic heterocycles. The third kappa shape index (κ3) is 3.16. The summed E-state index contributed by atoms with van der Waals surface area (Å²) in [5.74, 6) is -8.96. The van der Waals surface area contributed by atoms with Gasteiger partial charge in [0.15, 0.2) is 23.3 Å². The van der Waals surface area contributed by atoms with E-state index in [1.165, 1.54) is 19.9 Å². The third-order valence-electron chi connectivity index (χ3n) is 2.87. The van der Waals surface area contributed by atoms with Crippen LogP contribution < -0.4 is 10.4 Å². The van der Waals surface area contributed by atoms with Gasteiger partial charge < -0.3 is 4.74 Å². The molecule has 0 atom stereocenters. The smallest absolute Gasteiger partial charge is 0.337 e. The van der Waals surface area contributed by atoms with E-state index in [1.807, 2.05) is 0 Å². The Kier molecular flexibility index (Phi) is 5.86. The number of carbonyl (C=O) groups is 1. The van der Waals surface area contributed by atoms with Crippen molar-refractivity contribution < 1.29 is 27.1 Å². The number of nitriles is 1. The molecule has 0 unspecified atom stereocenters. The lowest BCUT2D eigenvalue weighted by molar-refractivity contribution is -0.136. The van der Waals surface area contributed by atoms with Gasteiger partial charge >= 0.3 is 5.97 Å². The van der Waals surface area contributed by atoms with Crippen LogP contribution in [-0.2, 0) is 9.53 Å². The van der Waals surface area contributed by atoms with Crippen LogP contribution in [0, 0.1) is 41.2 Å². The van der Waals surface area contributed by atoms with E-state index in [4.69, 9.17) is 11.8 Å². The largest absolute Gasteiger partial charge is 0.471 e. The van der Waals surface area contributed by atoms with Crippen LogP contribution in [0.25, 0.3) is 16.1 Å². The summed E-state index contributed by atoms with van der Waals surface area (Å²) < 4.78 is 60.7. The summed E-state index contributed by atoms with van der Waals surface area (Å²) in [6, 6.07) is 1.45. The summed E-state index contributed by atoms with van der Waals surface area (Å²) in [7, 11) is 0. The van der Waals surface area contributed by atoms with Crippen molar-refractivity contribution >= 4 is 17.2 Å². The van der Waals surface area contributed by atoms with Crippen molar-refractivity contribution in [3.05, 3.63) is 45.1 Å². The van der Waals surface area contributed by atoms with Crippen LogP contribution in [0.2, 0.25) is 0 Å². The minimum atomic E-state index is -1.93. The summed E-state index contributed by atoms with van der Waals surface area (Å²) in [6.45, 7) is 9.35. The second-order valence-corrected chi connectivity index (χ2v) is 4.13. The molecule has 0 spiro atoms. The highest BCUT2D eigenvalue weighted by atomic mass is 19.2. The molecule has 120 valence electrons. The number of esters is 1. The van der Waals surface area contributed by atoms with Crippen molar-refractivity contribution in [1.29, 1.82) is 5.26 Å². The third-order valence-corrected chi connectivity index (χ3v) is 2.87. The first-order valence-corrected chi connectivity index (χ1v) is 6.39. The van der Waals surface area contributed by atoms with Crippen LogP contribution in [0.1, 0.15) is 20.3 Å². The zero-order chi connectivity index (χ0) is 17.7. The van der Waals surface area contributed by atoms with Gasteiger partial charge in [0, 0.05) is 5.57 Å². The number of ether oxygens (including phenoxy) is 1. The molecule has 0 aliphatic rings. The molecule has 0 radical (unpaired) electrons. The quantitative estimate of drug-likeness (QED) is 0.369. The average Bonchev–Trinajstić information content (AvgIpc) is 2.53. The van der Waals surface area contributed by atoms with Crippen molar-refractivity contribution in [3.8, 4) is 6.07 Å². The topological polar surface area (TPSA) is 54.5 Å². The molecular weight excluding hydrogens is 316 g/mol. The van der Waals surface area contributed by atoms with Gasteiger partial charge in [-0.3, -0.25) is 4.79 Å². The van der Waals surface area contributed by atoms with Crippen molar-refractivity contribution in [3.63, 3.8) is 0 Å². The number of hydrogen-bond acceptors (Lipinski definition) is 3. The Morgan fingerprint density at radius 1 is 1.13 bits per heavy atom. The number of carbonyl (C=O) groups excluding carboxylic acids is 1. The van der Waals surface area contributed by atoms with Gasteiger partial charge in [-0.15, -0.1) is 0 Å².